The standard InChI is InChI=1S/C9H6Cl3N3/c10-6-2-1-5(7(11)4-6)3-8-13-9(12)15-14-8/h1-2,4H,3H2,(H,13,14,15). The van der Waals surface area contributed by atoms with E-state index < -0.39 is 0 Å². The molecule has 0 unspecified atom stereocenters. The molecular formula is C9H6Cl3N3. The van der Waals surface area contributed by atoms with Crippen LogP contribution in [0.15, 0.2) is 18.2 Å². The maximum atomic E-state index is 6.01. The van der Waals surface area contributed by atoms with Crippen LogP contribution in [-0.2, 0) is 6.42 Å². The molecule has 0 bridgehead atoms. The maximum Gasteiger partial charge on any atom is 0.242 e. The van der Waals surface area contributed by atoms with Gasteiger partial charge in [-0.25, -0.2) is 4.98 Å². The zero-order valence-corrected chi connectivity index (χ0v) is 9.74. The number of rotatable bonds is 2. The van der Waals surface area contributed by atoms with Gasteiger partial charge in [-0.15, -0.1) is 5.10 Å². The van der Waals surface area contributed by atoms with Crippen molar-refractivity contribution in [1.29, 1.82) is 0 Å². The van der Waals surface area contributed by atoms with Crippen molar-refractivity contribution in [3.63, 3.8) is 0 Å². The second-order valence-electron chi connectivity index (χ2n) is 2.96. The first-order valence-corrected chi connectivity index (χ1v) is 5.29. The van der Waals surface area contributed by atoms with Crippen molar-refractivity contribution in [1.82, 2.24) is 15.2 Å². The van der Waals surface area contributed by atoms with Gasteiger partial charge in [-0.05, 0) is 29.3 Å². The average molecular weight is 263 g/mol. The summed E-state index contributed by atoms with van der Waals surface area (Å²) in [5.41, 5.74) is 0.925. The second-order valence-corrected chi connectivity index (χ2v) is 4.15. The summed E-state index contributed by atoms with van der Waals surface area (Å²) in [6, 6.07) is 5.32. The Morgan fingerprint density at radius 3 is 2.60 bits per heavy atom. The Balaban J connectivity index is 2.24. The van der Waals surface area contributed by atoms with Gasteiger partial charge in [0.05, 0.1) is 0 Å². The molecule has 0 amide bonds. The minimum absolute atomic E-state index is 0.204. The zero-order valence-electron chi connectivity index (χ0n) is 7.47. The molecule has 1 heterocycles. The lowest BCUT2D eigenvalue weighted by molar-refractivity contribution is 0.972. The van der Waals surface area contributed by atoms with E-state index in [4.69, 9.17) is 34.8 Å². The van der Waals surface area contributed by atoms with Gasteiger partial charge in [-0.3, -0.25) is 5.10 Å². The Morgan fingerprint density at radius 2 is 2.00 bits per heavy atom. The van der Waals surface area contributed by atoms with Crippen LogP contribution in [0.3, 0.4) is 0 Å². The molecule has 0 saturated heterocycles. The highest BCUT2D eigenvalue weighted by molar-refractivity contribution is 6.35. The van der Waals surface area contributed by atoms with Crippen molar-refractivity contribution in [2.24, 2.45) is 0 Å². The van der Waals surface area contributed by atoms with E-state index >= 15 is 0 Å². The molecule has 0 aliphatic heterocycles. The molecule has 2 aromatic rings. The lowest BCUT2D eigenvalue weighted by Crippen LogP contribution is -1.91. The Morgan fingerprint density at radius 1 is 1.20 bits per heavy atom. The van der Waals surface area contributed by atoms with Crippen LogP contribution in [0.2, 0.25) is 15.3 Å². The van der Waals surface area contributed by atoms with Crippen LogP contribution in [0.4, 0.5) is 0 Å². The van der Waals surface area contributed by atoms with E-state index in [2.05, 4.69) is 15.2 Å². The number of nitrogens with zero attached hydrogens (tertiary/aromatic N) is 2. The molecule has 0 atom stereocenters. The van der Waals surface area contributed by atoms with Gasteiger partial charge in [0.25, 0.3) is 0 Å². The summed E-state index contributed by atoms with van der Waals surface area (Å²) in [6.07, 6.45) is 0.551. The Kier molecular flexibility index (Phi) is 3.14. The predicted molar refractivity (Wildman–Crippen MR) is 60.7 cm³/mol. The van der Waals surface area contributed by atoms with Crippen LogP contribution in [-0.4, -0.2) is 15.2 Å². The second kappa shape index (κ2) is 4.39. The van der Waals surface area contributed by atoms with Gasteiger partial charge >= 0.3 is 0 Å². The number of hydrogen-bond acceptors (Lipinski definition) is 2. The number of aromatic amines is 1. The van der Waals surface area contributed by atoms with Gasteiger partial charge in [-0.2, -0.15) is 0 Å². The molecule has 0 aliphatic rings. The maximum absolute atomic E-state index is 6.01. The lowest BCUT2D eigenvalue weighted by atomic mass is 10.1. The Labute approximate surface area is 101 Å². The van der Waals surface area contributed by atoms with Crippen LogP contribution in [0, 0.1) is 0 Å². The molecule has 6 heteroatoms. The van der Waals surface area contributed by atoms with E-state index in [0.717, 1.165) is 5.56 Å². The minimum atomic E-state index is 0.204. The number of aromatic nitrogens is 3. The highest BCUT2D eigenvalue weighted by Crippen LogP contribution is 2.22. The van der Waals surface area contributed by atoms with E-state index in [9.17, 15) is 0 Å². The summed E-state index contributed by atoms with van der Waals surface area (Å²) >= 11 is 17.4. The molecule has 1 aromatic heterocycles. The first-order valence-electron chi connectivity index (χ1n) is 4.16. The molecule has 2 rings (SSSR count). The number of H-pyrrole nitrogens is 1. The van der Waals surface area contributed by atoms with Crippen molar-refractivity contribution >= 4 is 34.8 Å². The third kappa shape index (κ3) is 2.62. The fourth-order valence-electron chi connectivity index (χ4n) is 1.20. The summed E-state index contributed by atoms with van der Waals surface area (Å²) in [6.45, 7) is 0. The van der Waals surface area contributed by atoms with E-state index in [1.54, 1.807) is 12.1 Å². The number of benzene rings is 1. The predicted octanol–water partition coefficient (Wildman–Crippen LogP) is 3.36. The monoisotopic (exact) mass is 261 g/mol. The first-order chi connectivity index (χ1) is 7.15. The number of nitrogens with one attached hydrogen (secondary N) is 1. The summed E-state index contributed by atoms with van der Waals surface area (Å²) < 4.78 is 0. The van der Waals surface area contributed by atoms with Crippen LogP contribution in [0.25, 0.3) is 0 Å². The first kappa shape index (κ1) is 10.7. The fraction of sp³-hybridized carbons (Fsp3) is 0.111. The summed E-state index contributed by atoms with van der Waals surface area (Å²) in [5, 5.41) is 7.85. The van der Waals surface area contributed by atoms with Crippen molar-refractivity contribution in [3.8, 4) is 0 Å². The van der Waals surface area contributed by atoms with Crippen LogP contribution in [0.5, 0.6) is 0 Å². The third-order valence-corrected chi connectivity index (χ3v) is 2.63. The Bertz CT molecular complexity index is 481. The molecule has 0 aliphatic carbocycles. The summed E-state index contributed by atoms with van der Waals surface area (Å²) in [4.78, 5) is 3.98. The smallest absolute Gasteiger partial charge is 0.242 e. The lowest BCUT2D eigenvalue weighted by Gasteiger charge is -2.01. The summed E-state index contributed by atoms with van der Waals surface area (Å²) in [7, 11) is 0. The van der Waals surface area contributed by atoms with Gasteiger partial charge in [-0.1, -0.05) is 29.3 Å². The minimum Gasteiger partial charge on any atom is -0.261 e. The molecule has 0 radical (unpaired) electrons. The Hall–Kier alpha value is -0.770. The van der Waals surface area contributed by atoms with E-state index in [1.165, 1.54) is 0 Å². The van der Waals surface area contributed by atoms with E-state index in [-0.39, 0.29) is 5.28 Å². The van der Waals surface area contributed by atoms with Gasteiger partial charge in [0, 0.05) is 16.5 Å². The molecule has 3 nitrogen and oxygen atoms in total. The summed E-state index contributed by atoms with van der Waals surface area (Å²) in [5.74, 6) is 0.671. The zero-order chi connectivity index (χ0) is 10.8. The number of halogens is 3. The molecule has 1 aromatic carbocycles. The van der Waals surface area contributed by atoms with Crippen LogP contribution < -0.4 is 0 Å². The van der Waals surface area contributed by atoms with Crippen molar-refractivity contribution in [2.75, 3.05) is 0 Å². The van der Waals surface area contributed by atoms with Crippen molar-refractivity contribution in [3.05, 3.63) is 44.9 Å². The molecule has 0 spiro atoms. The van der Waals surface area contributed by atoms with E-state index in [1.807, 2.05) is 6.07 Å². The van der Waals surface area contributed by atoms with Gasteiger partial charge in [0.1, 0.15) is 5.82 Å². The SMILES string of the molecule is Clc1ccc(Cc2nc(Cl)n[nH]2)c(Cl)c1. The van der Waals surface area contributed by atoms with Crippen LogP contribution in [0.1, 0.15) is 11.4 Å². The third-order valence-electron chi connectivity index (χ3n) is 1.88. The quantitative estimate of drug-likeness (QED) is 0.902. The fourth-order valence-corrected chi connectivity index (χ4v) is 1.82. The van der Waals surface area contributed by atoms with Crippen molar-refractivity contribution < 1.29 is 0 Å². The van der Waals surface area contributed by atoms with Gasteiger partial charge < -0.3 is 0 Å². The van der Waals surface area contributed by atoms with E-state index in [0.29, 0.717) is 22.3 Å². The number of hydrogen-bond donors (Lipinski definition) is 1. The topological polar surface area (TPSA) is 41.6 Å². The normalized spacial score (nSPS) is 10.6. The van der Waals surface area contributed by atoms with Crippen LogP contribution >= 0.6 is 34.8 Å². The van der Waals surface area contributed by atoms with Gasteiger partial charge in [0.2, 0.25) is 5.28 Å². The molecule has 1 N–H and O–H groups in total. The van der Waals surface area contributed by atoms with Gasteiger partial charge in [0.15, 0.2) is 0 Å². The molecule has 0 fully saturated rings. The molecular weight excluding hydrogens is 256 g/mol. The largest absolute Gasteiger partial charge is 0.261 e. The van der Waals surface area contributed by atoms with Crippen molar-refractivity contribution in [2.45, 2.75) is 6.42 Å². The molecule has 15 heavy (non-hydrogen) atoms. The highest BCUT2D eigenvalue weighted by atomic mass is 35.5. The highest BCUT2D eigenvalue weighted by Gasteiger charge is 2.06. The average Bonchev–Trinajstić information content (AvgIpc) is 2.56. The molecule has 78 valence electrons. The molecule has 0 saturated carbocycles.